The van der Waals surface area contributed by atoms with E-state index in [0.717, 1.165) is 12.4 Å². The first-order chi connectivity index (χ1) is 8.19. The molecule has 0 radical (unpaired) electrons. The van der Waals surface area contributed by atoms with Crippen LogP contribution in [0.1, 0.15) is 12.7 Å². The Balaban J connectivity index is 2.07. The summed E-state index contributed by atoms with van der Waals surface area (Å²) in [5.74, 6) is 0.435. The number of hydrogen-bond acceptors (Lipinski definition) is 3. The topological polar surface area (TPSA) is 42.7 Å². The third-order valence-electron chi connectivity index (χ3n) is 2.31. The van der Waals surface area contributed by atoms with Crippen LogP contribution in [-0.2, 0) is 13.1 Å². The van der Waals surface area contributed by atoms with E-state index in [1.165, 1.54) is 18.5 Å². The van der Waals surface area contributed by atoms with Gasteiger partial charge in [0, 0.05) is 17.3 Å². The number of anilines is 1. The Morgan fingerprint density at radius 2 is 2.24 bits per heavy atom. The maximum atomic E-state index is 13.1. The van der Waals surface area contributed by atoms with Crippen LogP contribution in [-0.4, -0.2) is 14.8 Å². The molecule has 1 aromatic heterocycles. The Morgan fingerprint density at radius 3 is 2.94 bits per heavy atom. The van der Waals surface area contributed by atoms with Crippen LogP contribution in [0.15, 0.2) is 24.5 Å². The summed E-state index contributed by atoms with van der Waals surface area (Å²) in [6, 6.07) is 4.32. The Kier molecular flexibility index (Phi) is 3.58. The van der Waals surface area contributed by atoms with Crippen LogP contribution >= 0.6 is 11.6 Å². The molecule has 0 fully saturated rings. The normalized spacial score (nSPS) is 10.5. The zero-order valence-electron chi connectivity index (χ0n) is 9.32. The number of aromatic nitrogens is 3. The first-order valence-corrected chi connectivity index (χ1v) is 5.63. The van der Waals surface area contributed by atoms with Gasteiger partial charge in [-0.25, -0.2) is 14.1 Å². The minimum absolute atomic E-state index is 0.364. The summed E-state index contributed by atoms with van der Waals surface area (Å²) >= 11 is 5.76. The second-order valence-corrected chi connectivity index (χ2v) is 3.94. The van der Waals surface area contributed by atoms with Crippen molar-refractivity contribution in [1.29, 1.82) is 0 Å². The second-order valence-electron chi connectivity index (χ2n) is 3.50. The number of benzene rings is 1. The molecule has 0 unspecified atom stereocenters. The van der Waals surface area contributed by atoms with Crippen molar-refractivity contribution in [2.45, 2.75) is 20.0 Å². The van der Waals surface area contributed by atoms with Gasteiger partial charge in [0.15, 0.2) is 0 Å². The van der Waals surface area contributed by atoms with E-state index in [0.29, 0.717) is 17.3 Å². The zero-order valence-corrected chi connectivity index (χ0v) is 10.1. The van der Waals surface area contributed by atoms with Crippen molar-refractivity contribution in [3.63, 3.8) is 0 Å². The highest BCUT2D eigenvalue weighted by molar-refractivity contribution is 6.30. The standard InChI is InChI=1S/C11H12ClFN4/c1-2-17-11(15-7-16-17)6-14-10-4-8(12)3-9(13)5-10/h3-5,7,14H,2,6H2,1H3. The summed E-state index contributed by atoms with van der Waals surface area (Å²) in [5.41, 5.74) is 0.626. The van der Waals surface area contributed by atoms with Crippen molar-refractivity contribution in [2.75, 3.05) is 5.32 Å². The highest BCUT2D eigenvalue weighted by Crippen LogP contribution is 2.18. The molecule has 0 bridgehead atoms. The second kappa shape index (κ2) is 5.14. The summed E-state index contributed by atoms with van der Waals surface area (Å²) in [5, 5.41) is 7.47. The molecule has 0 aliphatic heterocycles. The molecule has 2 aromatic rings. The van der Waals surface area contributed by atoms with Gasteiger partial charge in [-0.2, -0.15) is 5.10 Å². The van der Waals surface area contributed by atoms with E-state index < -0.39 is 0 Å². The van der Waals surface area contributed by atoms with Crippen molar-refractivity contribution in [3.05, 3.63) is 41.2 Å². The lowest BCUT2D eigenvalue weighted by Crippen LogP contribution is -2.09. The lowest BCUT2D eigenvalue weighted by Gasteiger charge is -2.07. The molecule has 1 aromatic carbocycles. The smallest absolute Gasteiger partial charge is 0.146 e. The Hall–Kier alpha value is -1.62. The van der Waals surface area contributed by atoms with Gasteiger partial charge in [-0.15, -0.1) is 0 Å². The van der Waals surface area contributed by atoms with Gasteiger partial charge in [0.1, 0.15) is 18.0 Å². The molecule has 1 heterocycles. The Labute approximate surface area is 103 Å². The molecule has 1 N–H and O–H groups in total. The van der Waals surface area contributed by atoms with Gasteiger partial charge in [-0.1, -0.05) is 11.6 Å². The van der Waals surface area contributed by atoms with E-state index in [4.69, 9.17) is 11.6 Å². The summed E-state index contributed by atoms with van der Waals surface area (Å²) in [6.45, 7) is 3.21. The number of nitrogens with zero attached hydrogens (tertiary/aromatic N) is 3. The van der Waals surface area contributed by atoms with Gasteiger partial charge in [-0.05, 0) is 25.1 Å². The third kappa shape index (κ3) is 2.94. The van der Waals surface area contributed by atoms with Crippen LogP contribution in [0.25, 0.3) is 0 Å². The van der Waals surface area contributed by atoms with Crippen LogP contribution in [0.5, 0.6) is 0 Å². The SMILES string of the molecule is CCn1ncnc1CNc1cc(F)cc(Cl)c1. The van der Waals surface area contributed by atoms with Crippen molar-refractivity contribution >= 4 is 17.3 Å². The monoisotopic (exact) mass is 254 g/mol. The van der Waals surface area contributed by atoms with Crippen LogP contribution in [0.4, 0.5) is 10.1 Å². The predicted molar refractivity (Wildman–Crippen MR) is 64.4 cm³/mol. The summed E-state index contributed by atoms with van der Waals surface area (Å²) in [4.78, 5) is 4.11. The lowest BCUT2D eigenvalue weighted by molar-refractivity contribution is 0.620. The van der Waals surface area contributed by atoms with Gasteiger partial charge >= 0.3 is 0 Å². The quantitative estimate of drug-likeness (QED) is 0.912. The number of nitrogens with one attached hydrogen (secondary N) is 1. The lowest BCUT2D eigenvalue weighted by atomic mass is 10.3. The van der Waals surface area contributed by atoms with Crippen molar-refractivity contribution in [3.8, 4) is 0 Å². The van der Waals surface area contributed by atoms with Crippen LogP contribution < -0.4 is 5.32 Å². The molecule has 6 heteroatoms. The van der Waals surface area contributed by atoms with Crippen molar-refractivity contribution in [1.82, 2.24) is 14.8 Å². The molecule has 0 spiro atoms. The molecular formula is C11H12ClFN4. The van der Waals surface area contributed by atoms with Gasteiger partial charge in [0.05, 0.1) is 6.54 Å². The summed E-state index contributed by atoms with van der Waals surface area (Å²) in [6.07, 6.45) is 1.50. The Bertz CT molecular complexity index is 492. The maximum Gasteiger partial charge on any atom is 0.146 e. The van der Waals surface area contributed by atoms with E-state index in [2.05, 4.69) is 15.4 Å². The first kappa shape index (κ1) is 11.9. The third-order valence-corrected chi connectivity index (χ3v) is 2.53. The highest BCUT2D eigenvalue weighted by atomic mass is 35.5. The fraction of sp³-hybridized carbons (Fsp3) is 0.273. The minimum atomic E-state index is -0.364. The predicted octanol–water partition coefficient (Wildman–Crippen LogP) is 2.70. The average molecular weight is 255 g/mol. The van der Waals surface area contributed by atoms with Gasteiger partial charge < -0.3 is 5.32 Å². The van der Waals surface area contributed by atoms with Crippen LogP contribution in [0.2, 0.25) is 5.02 Å². The molecule has 0 aliphatic rings. The largest absolute Gasteiger partial charge is 0.378 e. The molecule has 90 valence electrons. The van der Waals surface area contributed by atoms with Crippen molar-refractivity contribution in [2.24, 2.45) is 0 Å². The zero-order chi connectivity index (χ0) is 12.3. The highest BCUT2D eigenvalue weighted by Gasteiger charge is 2.03. The van der Waals surface area contributed by atoms with Gasteiger partial charge in [0.25, 0.3) is 0 Å². The molecule has 0 saturated carbocycles. The summed E-state index contributed by atoms with van der Waals surface area (Å²) < 4.78 is 14.9. The molecule has 2 rings (SSSR count). The van der Waals surface area contributed by atoms with E-state index in [1.807, 2.05) is 6.92 Å². The molecule has 4 nitrogen and oxygen atoms in total. The Morgan fingerprint density at radius 1 is 1.41 bits per heavy atom. The molecule has 17 heavy (non-hydrogen) atoms. The van der Waals surface area contributed by atoms with E-state index >= 15 is 0 Å². The first-order valence-electron chi connectivity index (χ1n) is 5.25. The van der Waals surface area contributed by atoms with Crippen LogP contribution in [0, 0.1) is 5.82 Å². The number of halogens is 2. The molecule has 0 atom stereocenters. The number of aryl methyl sites for hydroxylation is 1. The maximum absolute atomic E-state index is 13.1. The van der Waals surface area contributed by atoms with Gasteiger partial charge in [0.2, 0.25) is 0 Å². The van der Waals surface area contributed by atoms with E-state index in [-0.39, 0.29) is 5.82 Å². The molecular weight excluding hydrogens is 243 g/mol. The number of hydrogen-bond donors (Lipinski definition) is 1. The molecule has 0 saturated heterocycles. The molecule has 0 amide bonds. The van der Waals surface area contributed by atoms with Crippen molar-refractivity contribution < 1.29 is 4.39 Å². The van der Waals surface area contributed by atoms with E-state index in [9.17, 15) is 4.39 Å². The molecule has 0 aliphatic carbocycles. The van der Waals surface area contributed by atoms with Crippen LogP contribution in [0.3, 0.4) is 0 Å². The van der Waals surface area contributed by atoms with E-state index in [1.54, 1.807) is 10.7 Å². The minimum Gasteiger partial charge on any atom is -0.378 e. The fourth-order valence-electron chi connectivity index (χ4n) is 1.53. The number of rotatable bonds is 4. The summed E-state index contributed by atoms with van der Waals surface area (Å²) in [7, 11) is 0. The fourth-order valence-corrected chi connectivity index (χ4v) is 1.75. The van der Waals surface area contributed by atoms with Gasteiger partial charge in [-0.3, -0.25) is 0 Å². The average Bonchev–Trinajstić information content (AvgIpc) is 2.72.